The fourth-order valence-electron chi connectivity index (χ4n) is 2.35. The van der Waals surface area contributed by atoms with Crippen LogP contribution in [0.25, 0.3) is 0 Å². The van der Waals surface area contributed by atoms with E-state index in [9.17, 15) is 18.0 Å². The van der Waals surface area contributed by atoms with Gasteiger partial charge in [0.15, 0.2) is 5.78 Å². The zero-order valence-electron chi connectivity index (χ0n) is 10.8. The number of alkyl halides is 3. The average molecular weight is 350 g/mol. The maximum atomic E-state index is 12.5. The van der Waals surface area contributed by atoms with Crippen LogP contribution in [0.5, 0.6) is 0 Å². The van der Waals surface area contributed by atoms with Gasteiger partial charge in [0, 0.05) is 10.0 Å². The fraction of sp³-hybridized carbons (Fsp3) is 0.500. The summed E-state index contributed by atoms with van der Waals surface area (Å²) in [6.07, 6.45) is -3.95. The van der Waals surface area contributed by atoms with E-state index in [-0.39, 0.29) is 25.2 Å². The van der Waals surface area contributed by atoms with Crippen LogP contribution in [0, 0.1) is 5.92 Å². The van der Waals surface area contributed by atoms with Gasteiger partial charge in [0.1, 0.15) is 0 Å². The van der Waals surface area contributed by atoms with Gasteiger partial charge in [-0.1, -0.05) is 28.1 Å². The number of piperidine rings is 1. The molecule has 1 aromatic carbocycles. The third-order valence-corrected chi connectivity index (χ3v) is 4.11. The molecule has 1 saturated heterocycles. The Labute approximate surface area is 124 Å². The van der Waals surface area contributed by atoms with E-state index in [2.05, 4.69) is 15.9 Å². The van der Waals surface area contributed by atoms with Crippen molar-refractivity contribution in [2.45, 2.75) is 19.0 Å². The molecule has 1 heterocycles. The number of carbonyl (C=O) groups excluding carboxylic acids is 1. The van der Waals surface area contributed by atoms with Crippen LogP contribution in [-0.2, 0) is 0 Å². The number of carbonyl (C=O) groups is 1. The summed E-state index contributed by atoms with van der Waals surface area (Å²) in [5, 5.41) is 0. The van der Waals surface area contributed by atoms with Crippen molar-refractivity contribution in [2.24, 2.45) is 5.92 Å². The highest BCUT2D eigenvalue weighted by molar-refractivity contribution is 9.10. The summed E-state index contributed by atoms with van der Waals surface area (Å²) in [6, 6.07) is 7.00. The number of Topliss-reactive ketones (excluding diaryl/α,β-unsaturated/α-hetero) is 1. The van der Waals surface area contributed by atoms with Gasteiger partial charge in [-0.2, -0.15) is 13.2 Å². The van der Waals surface area contributed by atoms with Crippen molar-refractivity contribution >= 4 is 21.7 Å². The second kappa shape index (κ2) is 6.26. The zero-order valence-corrected chi connectivity index (χ0v) is 12.4. The molecular weight excluding hydrogens is 335 g/mol. The molecule has 0 spiro atoms. The van der Waals surface area contributed by atoms with Crippen molar-refractivity contribution in [3.05, 3.63) is 34.3 Å². The van der Waals surface area contributed by atoms with Crippen molar-refractivity contribution in [1.29, 1.82) is 0 Å². The van der Waals surface area contributed by atoms with Gasteiger partial charge in [-0.05, 0) is 38.1 Å². The molecule has 0 radical (unpaired) electrons. The Morgan fingerprint density at radius 1 is 1.20 bits per heavy atom. The van der Waals surface area contributed by atoms with E-state index in [1.54, 1.807) is 29.2 Å². The van der Waals surface area contributed by atoms with Gasteiger partial charge in [0.05, 0.1) is 12.5 Å². The van der Waals surface area contributed by atoms with E-state index in [4.69, 9.17) is 0 Å². The minimum absolute atomic E-state index is 0.0528. The van der Waals surface area contributed by atoms with Gasteiger partial charge in [-0.15, -0.1) is 0 Å². The normalized spacial score (nSPS) is 18.2. The number of hydrogen-bond donors (Lipinski definition) is 0. The number of likely N-dealkylation sites (tertiary alicyclic amines) is 1. The number of nitrogens with zero attached hydrogens (tertiary/aromatic N) is 1. The SMILES string of the molecule is O=C(CN1CCC(C(F)(F)F)CC1)c1ccc(Br)cc1. The lowest BCUT2D eigenvalue weighted by Crippen LogP contribution is -2.41. The molecule has 20 heavy (non-hydrogen) atoms. The van der Waals surface area contributed by atoms with Gasteiger partial charge >= 0.3 is 6.18 Å². The summed E-state index contributed by atoms with van der Waals surface area (Å²) in [5.74, 6) is -1.27. The third kappa shape index (κ3) is 4.06. The number of halogens is 4. The highest BCUT2D eigenvalue weighted by Crippen LogP contribution is 2.34. The summed E-state index contributed by atoms with van der Waals surface area (Å²) in [6.45, 7) is 0.838. The van der Waals surface area contributed by atoms with Crippen molar-refractivity contribution in [3.8, 4) is 0 Å². The van der Waals surface area contributed by atoms with Crippen LogP contribution in [-0.4, -0.2) is 36.5 Å². The Kier molecular flexibility index (Phi) is 4.86. The molecule has 0 saturated carbocycles. The lowest BCUT2D eigenvalue weighted by atomic mass is 9.96. The number of ketones is 1. The van der Waals surface area contributed by atoms with Gasteiger partial charge in [-0.3, -0.25) is 9.69 Å². The first-order valence-corrected chi connectivity index (χ1v) is 7.23. The Morgan fingerprint density at radius 2 is 1.75 bits per heavy atom. The standard InChI is InChI=1S/C14H15BrF3NO/c15-12-3-1-10(2-4-12)13(20)9-19-7-5-11(6-8-19)14(16,17)18/h1-4,11H,5-9H2. The second-order valence-corrected chi connectivity index (χ2v) is 5.94. The monoisotopic (exact) mass is 349 g/mol. The molecule has 0 aliphatic carbocycles. The maximum absolute atomic E-state index is 12.5. The highest BCUT2D eigenvalue weighted by Gasteiger charge is 2.41. The van der Waals surface area contributed by atoms with Crippen LogP contribution in [0.15, 0.2) is 28.7 Å². The molecule has 1 aromatic rings. The van der Waals surface area contributed by atoms with Gasteiger partial charge < -0.3 is 0 Å². The molecule has 6 heteroatoms. The van der Waals surface area contributed by atoms with Gasteiger partial charge in [0.25, 0.3) is 0 Å². The maximum Gasteiger partial charge on any atom is 0.391 e. The van der Waals surface area contributed by atoms with Gasteiger partial charge in [-0.25, -0.2) is 0 Å². The first-order chi connectivity index (χ1) is 9.36. The van der Waals surface area contributed by atoms with Crippen molar-refractivity contribution in [1.82, 2.24) is 4.90 Å². The van der Waals surface area contributed by atoms with Crippen LogP contribution in [0.4, 0.5) is 13.2 Å². The summed E-state index contributed by atoms with van der Waals surface area (Å²) in [5.41, 5.74) is 0.589. The highest BCUT2D eigenvalue weighted by atomic mass is 79.9. The van der Waals surface area contributed by atoms with Crippen LogP contribution in [0.3, 0.4) is 0 Å². The molecule has 0 unspecified atom stereocenters. The summed E-state index contributed by atoms with van der Waals surface area (Å²) >= 11 is 3.29. The molecule has 0 aromatic heterocycles. The van der Waals surface area contributed by atoms with Crippen LogP contribution >= 0.6 is 15.9 Å². The second-order valence-electron chi connectivity index (χ2n) is 5.02. The molecule has 2 rings (SSSR count). The molecule has 0 bridgehead atoms. The molecule has 110 valence electrons. The first-order valence-electron chi connectivity index (χ1n) is 6.44. The van der Waals surface area contributed by atoms with E-state index in [1.807, 2.05) is 0 Å². The van der Waals surface area contributed by atoms with Gasteiger partial charge in [0.2, 0.25) is 0 Å². The Balaban J connectivity index is 1.86. The van der Waals surface area contributed by atoms with E-state index in [0.717, 1.165) is 4.47 Å². The number of hydrogen-bond acceptors (Lipinski definition) is 2. The zero-order chi connectivity index (χ0) is 14.8. The van der Waals surface area contributed by atoms with E-state index in [0.29, 0.717) is 18.7 Å². The predicted molar refractivity (Wildman–Crippen MR) is 73.7 cm³/mol. The first kappa shape index (κ1) is 15.5. The molecular formula is C14H15BrF3NO. The van der Waals surface area contributed by atoms with Crippen LogP contribution < -0.4 is 0 Å². The van der Waals surface area contributed by atoms with E-state index >= 15 is 0 Å². The van der Waals surface area contributed by atoms with Crippen molar-refractivity contribution < 1.29 is 18.0 Å². The Hall–Kier alpha value is -0.880. The molecule has 2 nitrogen and oxygen atoms in total. The summed E-state index contributed by atoms with van der Waals surface area (Å²) in [7, 11) is 0. The molecule has 1 fully saturated rings. The fourth-order valence-corrected chi connectivity index (χ4v) is 2.61. The summed E-state index contributed by atoms with van der Waals surface area (Å²) < 4.78 is 38.5. The smallest absolute Gasteiger partial charge is 0.296 e. The third-order valence-electron chi connectivity index (χ3n) is 3.58. The molecule has 0 amide bonds. The Bertz CT molecular complexity index is 464. The average Bonchev–Trinajstić information content (AvgIpc) is 2.39. The molecule has 0 N–H and O–H groups in total. The van der Waals surface area contributed by atoms with Crippen molar-refractivity contribution in [2.75, 3.05) is 19.6 Å². The largest absolute Gasteiger partial charge is 0.391 e. The van der Waals surface area contributed by atoms with Crippen molar-refractivity contribution in [3.63, 3.8) is 0 Å². The van der Waals surface area contributed by atoms with E-state index in [1.165, 1.54) is 0 Å². The van der Waals surface area contributed by atoms with Crippen LogP contribution in [0.1, 0.15) is 23.2 Å². The minimum atomic E-state index is -4.11. The lowest BCUT2D eigenvalue weighted by Gasteiger charge is -2.32. The van der Waals surface area contributed by atoms with Crippen LogP contribution in [0.2, 0.25) is 0 Å². The lowest BCUT2D eigenvalue weighted by molar-refractivity contribution is -0.184. The minimum Gasteiger partial charge on any atom is -0.296 e. The number of benzene rings is 1. The Morgan fingerprint density at radius 3 is 2.25 bits per heavy atom. The summed E-state index contributed by atoms with van der Waals surface area (Å²) in [4.78, 5) is 13.8. The topological polar surface area (TPSA) is 20.3 Å². The molecule has 1 aliphatic rings. The quantitative estimate of drug-likeness (QED) is 0.771. The van der Waals surface area contributed by atoms with E-state index < -0.39 is 12.1 Å². The molecule has 1 aliphatic heterocycles. The predicted octanol–water partition coefficient (Wildman–Crippen LogP) is 3.91. The molecule has 0 atom stereocenters. The number of rotatable bonds is 3.